The highest BCUT2D eigenvalue weighted by Crippen LogP contribution is 2.25. The van der Waals surface area contributed by atoms with Crippen LogP contribution in [0.25, 0.3) is 5.69 Å². The summed E-state index contributed by atoms with van der Waals surface area (Å²) in [7, 11) is 3.13. The number of hydrogen-bond donors (Lipinski definition) is 1. The highest BCUT2D eigenvalue weighted by atomic mass is 16.5. The van der Waals surface area contributed by atoms with Crippen LogP contribution in [0.3, 0.4) is 0 Å². The summed E-state index contributed by atoms with van der Waals surface area (Å²) in [5, 5.41) is 13.9. The topological polar surface area (TPSA) is 91.2 Å². The molecule has 24 heavy (non-hydrogen) atoms. The molecule has 0 atom stereocenters. The number of nitrogens with one attached hydrogen (secondary N) is 1. The zero-order valence-corrected chi connectivity index (χ0v) is 13.1. The maximum absolute atomic E-state index is 12.5. The molecule has 8 nitrogen and oxygen atoms in total. The lowest BCUT2D eigenvalue weighted by atomic mass is 10.2. The van der Waals surface area contributed by atoms with Crippen LogP contribution in [0, 0.1) is 0 Å². The van der Waals surface area contributed by atoms with Crippen molar-refractivity contribution in [3.8, 4) is 17.2 Å². The van der Waals surface area contributed by atoms with Gasteiger partial charge in [0.2, 0.25) is 0 Å². The first-order valence-corrected chi connectivity index (χ1v) is 7.08. The molecule has 0 aliphatic heterocycles. The lowest BCUT2D eigenvalue weighted by molar-refractivity contribution is 0.102. The fourth-order valence-electron chi connectivity index (χ4n) is 2.15. The van der Waals surface area contributed by atoms with E-state index in [9.17, 15) is 4.79 Å². The minimum absolute atomic E-state index is 0.264. The highest BCUT2D eigenvalue weighted by Gasteiger charge is 2.12. The van der Waals surface area contributed by atoms with Gasteiger partial charge in [0.05, 0.1) is 25.6 Å². The van der Waals surface area contributed by atoms with E-state index in [0.29, 0.717) is 28.4 Å². The summed E-state index contributed by atoms with van der Waals surface area (Å²) in [6, 6.07) is 12.1. The Morgan fingerprint density at radius 1 is 1.04 bits per heavy atom. The van der Waals surface area contributed by atoms with Gasteiger partial charge in [-0.2, -0.15) is 4.68 Å². The van der Waals surface area contributed by atoms with Crippen molar-refractivity contribution in [2.24, 2.45) is 0 Å². The van der Waals surface area contributed by atoms with Crippen molar-refractivity contribution < 1.29 is 14.3 Å². The van der Waals surface area contributed by atoms with Crippen LogP contribution in [-0.2, 0) is 0 Å². The monoisotopic (exact) mass is 325 g/mol. The number of carbonyl (C=O) groups is 1. The van der Waals surface area contributed by atoms with Gasteiger partial charge < -0.3 is 14.8 Å². The number of hydrogen-bond acceptors (Lipinski definition) is 6. The largest absolute Gasteiger partial charge is 0.497 e. The fourth-order valence-corrected chi connectivity index (χ4v) is 2.15. The van der Waals surface area contributed by atoms with E-state index in [-0.39, 0.29) is 5.91 Å². The molecular formula is C16H15N5O3. The van der Waals surface area contributed by atoms with Gasteiger partial charge in [0.1, 0.15) is 17.8 Å². The van der Waals surface area contributed by atoms with Crippen LogP contribution < -0.4 is 14.8 Å². The molecule has 8 heteroatoms. The summed E-state index contributed by atoms with van der Waals surface area (Å²) >= 11 is 0. The molecule has 0 saturated heterocycles. The molecule has 0 aliphatic rings. The summed E-state index contributed by atoms with van der Waals surface area (Å²) < 4.78 is 11.8. The van der Waals surface area contributed by atoms with Crippen molar-refractivity contribution >= 4 is 11.6 Å². The molecule has 0 radical (unpaired) electrons. The van der Waals surface area contributed by atoms with Crippen molar-refractivity contribution in [2.45, 2.75) is 0 Å². The Labute approximate surface area is 138 Å². The van der Waals surface area contributed by atoms with Crippen LogP contribution in [0.2, 0.25) is 0 Å². The Morgan fingerprint density at radius 2 is 1.75 bits per heavy atom. The fraction of sp³-hybridized carbons (Fsp3) is 0.125. The number of tetrazole rings is 1. The third-order valence-electron chi connectivity index (χ3n) is 3.40. The molecule has 1 amide bonds. The highest BCUT2D eigenvalue weighted by molar-refractivity contribution is 6.05. The molecule has 2 aromatic carbocycles. The van der Waals surface area contributed by atoms with E-state index in [1.54, 1.807) is 56.7 Å². The lowest BCUT2D eigenvalue weighted by Gasteiger charge is -2.12. The zero-order valence-electron chi connectivity index (χ0n) is 13.1. The summed E-state index contributed by atoms with van der Waals surface area (Å²) in [6.07, 6.45) is 1.45. The van der Waals surface area contributed by atoms with E-state index in [0.717, 1.165) is 0 Å². The number of ether oxygens (including phenoxy) is 2. The second kappa shape index (κ2) is 6.78. The number of nitrogens with zero attached hydrogens (tertiary/aromatic N) is 4. The first kappa shape index (κ1) is 15.5. The van der Waals surface area contributed by atoms with Gasteiger partial charge in [-0.1, -0.05) is 0 Å². The molecule has 122 valence electrons. The number of methoxy groups -OCH3 is 2. The molecule has 0 unspecified atom stereocenters. The molecular weight excluding hydrogens is 310 g/mol. The average molecular weight is 325 g/mol. The maximum Gasteiger partial charge on any atom is 0.255 e. The van der Waals surface area contributed by atoms with Gasteiger partial charge in [0, 0.05) is 11.6 Å². The maximum atomic E-state index is 12.5. The minimum atomic E-state index is -0.264. The number of rotatable bonds is 5. The Balaban J connectivity index is 1.91. The van der Waals surface area contributed by atoms with Gasteiger partial charge in [0.15, 0.2) is 0 Å². The predicted molar refractivity (Wildman–Crippen MR) is 86.7 cm³/mol. The van der Waals surface area contributed by atoms with Crippen LogP contribution in [0.5, 0.6) is 11.5 Å². The van der Waals surface area contributed by atoms with Crippen LogP contribution in [0.15, 0.2) is 48.8 Å². The smallest absolute Gasteiger partial charge is 0.255 e. The van der Waals surface area contributed by atoms with E-state index in [4.69, 9.17) is 9.47 Å². The van der Waals surface area contributed by atoms with Gasteiger partial charge in [-0.3, -0.25) is 4.79 Å². The van der Waals surface area contributed by atoms with E-state index >= 15 is 0 Å². The second-order valence-corrected chi connectivity index (χ2v) is 4.82. The quantitative estimate of drug-likeness (QED) is 0.771. The molecule has 0 aliphatic carbocycles. The van der Waals surface area contributed by atoms with E-state index in [1.807, 2.05) is 0 Å². The first-order chi connectivity index (χ1) is 11.7. The van der Waals surface area contributed by atoms with Crippen molar-refractivity contribution in [1.29, 1.82) is 0 Å². The molecule has 1 heterocycles. The molecule has 0 fully saturated rings. The number of aromatic nitrogens is 4. The van der Waals surface area contributed by atoms with Gasteiger partial charge in [-0.25, -0.2) is 0 Å². The first-order valence-electron chi connectivity index (χ1n) is 7.08. The van der Waals surface area contributed by atoms with Crippen molar-refractivity contribution in [1.82, 2.24) is 20.2 Å². The number of benzene rings is 2. The Hall–Kier alpha value is -3.42. The lowest BCUT2D eigenvalue weighted by Crippen LogP contribution is -2.14. The Morgan fingerprint density at radius 3 is 2.38 bits per heavy atom. The minimum Gasteiger partial charge on any atom is -0.497 e. The third-order valence-corrected chi connectivity index (χ3v) is 3.40. The van der Waals surface area contributed by atoms with E-state index < -0.39 is 0 Å². The molecule has 0 bridgehead atoms. The molecule has 3 aromatic rings. The second-order valence-electron chi connectivity index (χ2n) is 4.82. The third kappa shape index (κ3) is 3.17. The van der Waals surface area contributed by atoms with Crippen LogP contribution in [0.4, 0.5) is 5.69 Å². The van der Waals surface area contributed by atoms with Crippen molar-refractivity contribution in [3.05, 3.63) is 54.4 Å². The normalized spacial score (nSPS) is 10.2. The van der Waals surface area contributed by atoms with Crippen molar-refractivity contribution in [3.63, 3.8) is 0 Å². The summed E-state index contributed by atoms with van der Waals surface area (Å²) in [5.74, 6) is 1.03. The van der Waals surface area contributed by atoms with E-state index in [1.165, 1.54) is 11.0 Å². The van der Waals surface area contributed by atoms with Crippen molar-refractivity contribution in [2.75, 3.05) is 19.5 Å². The van der Waals surface area contributed by atoms with Crippen LogP contribution in [0.1, 0.15) is 10.4 Å². The molecule has 0 spiro atoms. The molecule has 1 N–H and O–H groups in total. The Bertz CT molecular complexity index is 831. The predicted octanol–water partition coefficient (Wildman–Crippen LogP) is 1.93. The van der Waals surface area contributed by atoms with Gasteiger partial charge in [-0.05, 0) is 46.8 Å². The summed E-state index contributed by atoms with van der Waals surface area (Å²) in [6.45, 7) is 0. The van der Waals surface area contributed by atoms with Gasteiger partial charge in [-0.15, -0.1) is 5.10 Å². The summed E-state index contributed by atoms with van der Waals surface area (Å²) in [4.78, 5) is 12.5. The molecule has 0 saturated carbocycles. The average Bonchev–Trinajstić information content (AvgIpc) is 3.16. The SMILES string of the molecule is COc1ccc(C(=O)Nc2cc(OC)ccc2-n2cnnn2)cc1. The Kier molecular flexibility index (Phi) is 4.37. The van der Waals surface area contributed by atoms with Crippen LogP contribution >= 0.6 is 0 Å². The van der Waals surface area contributed by atoms with Gasteiger partial charge >= 0.3 is 0 Å². The summed E-state index contributed by atoms with van der Waals surface area (Å²) in [5.41, 5.74) is 1.66. The number of anilines is 1. The standard InChI is InChI=1S/C16H15N5O3/c1-23-12-5-3-11(4-6-12)16(22)18-14-9-13(24-2)7-8-15(14)21-10-17-19-20-21/h3-10H,1-2H3,(H,18,22). The number of carbonyl (C=O) groups excluding carboxylic acids is 1. The molecule has 3 rings (SSSR count). The van der Waals surface area contributed by atoms with E-state index in [2.05, 4.69) is 20.8 Å². The number of amides is 1. The zero-order chi connectivity index (χ0) is 16.9. The van der Waals surface area contributed by atoms with Gasteiger partial charge in [0.25, 0.3) is 5.91 Å². The molecule has 1 aromatic heterocycles. The van der Waals surface area contributed by atoms with Crippen LogP contribution in [-0.4, -0.2) is 40.3 Å².